The molecule has 12 heteroatoms. The van der Waals surface area contributed by atoms with Gasteiger partial charge in [-0.1, -0.05) is 22.7 Å². The van der Waals surface area contributed by atoms with E-state index in [2.05, 4.69) is 15.3 Å². The van der Waals surface area contributed by atoms with Crippen LogP contribution in [0.3, 0.4) is 0 Å². The van der Waals surface area contributed by atoms with Crippen molar-refractivity contribution < 1.29 is 27.7 Å². The number of H-pyrrole nitrogens is 1. The molecule has 0 atom stereocenters. The van der Waals surface area contributed by atoms with Crippen LogP contribution in [-0.4, -0.2) is 17.0 Å². The third-order valence-electron chi connectivity index (χ3n) is 3.57. The van der Waals surface area contributed by atoms with Crippen LogP contribution >= 0.6 is 22.7 Å². The second-order valence-corrected chi connectivity index (χ2v) is 8.11. The standard InChI is InChI=1S/C17H16F3N5O2S2/c1-7(2)27-11-4-3-8(14(21)26)5-9(11)23-16-24-10(6-28-16)12-13(17(18,19)20)25-15(22)29-12/h3-7H,1-2H3,(H2,21,26)(H2,22,25)(H,23,24)/p+1. The topological polar surface area (TPSA) is 117 Å². The summed E-state index contributed by atoms with van der Waals surface area (Å²) in [5.41, 5.74) is 10.7. The average molecular weight is 444 g/mol. The van der Waals surface area contributed by atoms with Crippen molar-refractivity contribution in [1.29, 1.82) is 0 Å². The van der Waals surface area contributed by atoms with Crippen molar-refractivity contribution in [3.05, 3.63) is 34.8 Å². The average Bonchev–Trinajstić information content (AvgIpc) is 3.21. The molecule has 154 valence electrons. The van der Waals surface area contributed by atoms with Gasteiger partial charge in [0.05, 0.1) is 6.10 Å². The molecule has 3 rings (SSSR count). The van der Waals surface area contributed by atoms with E-state index in [9.17, 15) is 18.0 Å². The maximum Gasteiger partial charge on any atom is 0.435 e. The molecule has 0 radical (unpaired) electrons. The Kier molecular flexibility index (Phi) is 5.66. The number of carbonyl (C=O) groups is 1. The largest absolute Gasteiger partial charge is 0.487 e. The summed E-state index contributed by atoms with van der Waals surface area (Å²) in [6, 6.07) is 4.65. The molecular weight excluding hydrogens is 427 g/mol. The molecule has 2 aromatic heterocycles. The zero-order valence-corrected chi connectivity index (χ0v) is 16.9. The van der Waals surface area contributed by atoms with Crippen molar-refractivity contribution in [3.63, 3.8) is 0 Å². The lowest BCUT2D eigenvalue weighted by molar-refractivity contribution is -0.340. The minimum absolute atomic E-state index is 0.108. The monoisotopic (exact) mass is 444 g/mol. The van der Waals surface area contributed by atoms with E-state index in [1.165, 1.54) is 17.5 Å². The molecule has 6 N–H and O–H groups in total. The van der Waals surface area contributed by atoms with Crippen LogP contribution in [0.1, 0.15) is 29.9 Å². The van der Waals surface area contributed by atoms with Crippen LogP contribution in [-0.2, 0) is 6.18 Å². The van der Waals surface area contributed by atoms with Gasteiger partial charge >= 0.3 is 11.3 Å². The maximum absolute atomic E-state index is 13.2. The predicted octanol–water partition coefficient (Wildman–Crippen LogP) is 3.92. The zero-order valence-electron chi connectivity index (χ0n) is 15.3. The van der Waals surface area contributed by atoms with Crippen LogP contribution < -0.4 is 26.5 Å². The number of anilines is 3. The van der Waals surface area contributed by atoms with E-state index < -0.39 is 17.8 Å². The van der Waals surface area contributed by atoms with Gasteiger partial charge in [0, 0.05) is 17.0 Å². The van der Waals surface area contributed by atoms with Gasteiger partial charge in [-0.05, 0) is 26.0 Å². The smallest absolute Gasteiger partial charge is 0.435 e. The van der Waals surface area contributed by atoms with Crippen LogP contribution in [0.4, 0.5) is 29.1 Å². The molecule has 0 saturated carbocycles. The fourth-order valence-electron chi connectivity index (χ4n) is 2.44. The lowest BCUT2D eigenvalue weighted by Gasteiger charge is -2.12. The Labute approximate surface area is 171 Å². The number of hydrogen-bond acceptors (Lipinski definition) is 7. The number of amides is 1. The number of hydrogen-bond donors (Lipinski definition) is 3. The number of nitrogens with one attached hydrogen (secondary N) is 2. The van der Waals surface area contributed by atoms with E-state index >= 15 is 0 Å². The van der Waals surface area contributed by atoms with Crippen LogP contribution in [0.25, 0.3) is 10.6 Å². The van der Waals surface area contributed by atoms with E-state index in [4.69, 9.17) is 16.2 Å². The quantitative estimate of drug-likeness (QED) is 0.533. The Morgan fingerprint density at radius 2 is 2.07 bits per heavy atom. The normalized spacial score (nSPS) is 11.7. The number of aromatic nitrogens is 2. The molecule has 1 amide bonds. The molecule has 2 heterocycles. The molecule has 0 unspecified atom stereocenters. The van der Waals surface area contributed by atoms with Crippen LogP contribution in [0.15, 0.2) is 23.6 Å². The Morgan fingerprint density at radius 1 is 1.34 bits per heavy atom. The highest BCUT2D eigenvalue weighted by Crippen LogP contribution is 2.41. The number of thiazole rings is 2. The fraction of sp³-hybridized carbons (Fsp3) is 0.235. The first kappa shape index (κ1) is 20.9. The van der Waals surface area contributed by atoms with E-state index in [-0.39, 0.29) is 27.4 Å². The number of nitrogens with zero attached hydrogens (tertiary/aromatic N) is 1. The SMILES string of the molecule is CC(C)Oc1ccc(C(N)=O)cc1Nc1[nH+]c(-c2sc(N)nc2C(F)(F)F)cs1. The minimum atomic E-state index is -4.62. The lowest BCUT2D eigenvalue weighted by Crippen LogP contribution is -2.14. The number of ether oxygens (including phenoxy) is 1. The number of nitrogen functional groups attached to an aromatic ring is 1. The number of nitrogens with two attached hydrogens (primary N) is 2. The Morgan fingerprint density at radius 3 is 2.69 bits per heavy atom. The summed E-state index contributed by atoms with van der Waals surface area (Å²) in [6.07, 6.45) is -4.76. The maximum atomic E-state index is 13.2. The molecule has 0 spiro atoms. The van der Waals surface area contributed by atoms with Crippen molar-refractivity contribution >= 4 is 44.5 Å². The van der Waals surface area contributed by atoms with Crippen LogP contribution in [0.5, 0.6) is 5.75 Å². The van der Waals surface area contributed by atoms with Gasteiger partial charge < -0.3 is 16.2 Å². The summed E-state index contributed by atoms with van der Waals surface area (Å²) in [6.45, 7) is 3.68. The van der Waals surface area contributed by atoms with E-state index in [0.29, 0.717) is 16.6 Å². The number of halogens is 3. The number of aromatic amines is 1. The van der Waals surface area contributed by atoms with Crippen molar-refractivity contribution in [2.75, 3.05) is 11.1 Å². The first-order chi connectivity index (χ1) is 13.5. The van der Waals surface area contributed by atoms with Crippen molar-refractivity contribution in [1.82, 2.24) is 4.98 Å². The van der Waals surface area contributed by atoms with Gasteiger partial charge in [-0.2, -0.15) is 13.2 Å². The molecule has 29 heavy (non-hydrogen) atoms. The molecule has 0 fully saturated rings. The van der Waals surface area contributed by atoms with Crippen molar-refractivity contribution in [2.24, 2.45) is 5.73 Å². The molecule has 7 nitrogen and oxygen atoms in total. The lowest BCUT2D eigenvalue weighted by atomic mass is 10.1. The highest BCUT2D eigenvalue weighted by atomic mass is 32.1. The van der Waals surface area contributed by atoms with Crippen LogP contribution in [0, 0.1) is 0 Å². The van der Waals surface area contributed by atoms with Gasteiger partial charge in [0.1, 0.15) is 4.88 Å². The molecule has 0 aliphatic rings. The van der Waals surface area contributed by atoms with Gasteiger partial charge in [-0.25, -0.2) is 15.3 Å². The minimum Gasteiger partial charge on any atom is -0.487 e. The number of primary amides is 1. The summed E-state index contributed by atoms with van der Waals surface area (Å²) < 4.78 is 45.3. The van der Waals surface area contributed by atoms with Gasteiger partial charge in [0.15, 0.2) is 28.0 Å². The summed E-state index contributed by atoms with van der Waals surface area (Å²) in [5.74, 6) is -0.152. The fourth-order valence-corrected chi connectivity index (χ4v) is 4.09. The molecule has 0 saturated heterocycles. The van der Waals surface area contributed by atoms with Gasteiger partial charge in [-0.3, -0.25) is 4.79 Å². The molecule has 0 bridgehead atoms. The van der Waals surface area contributed by atoms with Crippen LogP contribution in [0.2, 0.25) is 0 Å². The third kappa shape index (κ3) is 4.77. The summed E-state index contributed by atoms with van der Waals surface area (Å²) >= 11 is 1.88. The molecule has 1 aromatic carbocycles. The van der Waals surface area contributed by atoms with Crippen molar-refractivity contribution in [2.45, 2.75) is 26.1 Å². The van der Waals surface area contributed by atoms with E-state index in [1.54, 1.807) is 6.07 Å². The molecular formula is C17H17F3N5O2S2+. The first-order valence-electron chi connectivity index (χ1n) is 8.26. The second-order valence-electron chi connectivity index (χ2n) is 6.20. The second kappa shape index (κ2) is 7.87. The molecule has 0 aliphatic carbocycles. The predicted molar refractivity (Wildman–Crippen MR) is 105 cm³/mol. The highest BCUT2D eigenvalue weighted by Gasteiger charge is 2.39. The summed E-state index contributed by atoms with van der Waals surface area (Å²) in [7, 11) is 0. The number of benzene rings is 1. The van der Waals surface area contributed by atoms with E-state index in [1.807, 2.05) is 13.8 Å². The summed E-state index contributed by atoms with van der Waals surface area (Å²) in [5, 5.41) is 4.80. The Bertz CT molecular complexity index is 1050. The Balaban J connectivity index is 1.95. The van der Waals surface area contributed by atoms with Gasteiger partial charge in [0.25, 0.3) is 0 Å². The highest BCUT2D eigenvalue weighted by molar-refractivity contribution is 7.19. The molecule has 0 aliphatic heterocycles. The van der Waals surface area contributed by atoms with Gasteiger partial charge in [-0.15, -0.1) is 0 Å². The zero-order chi connectivity index (χ0) is 21.3. The first-order valence-corrected chi connectivity index (χ1v) is 9.96. The number of carbonyl (C=O) groups excluding carboxylic acids is 1. The summed E-state index contributed by atoms with van der Waals surface area (Å²) in [4.78, 5) is 17.7. The third-order valence-corrected chi connectivity index (χ3v) is 5.29. The Hall–Kier alpha value is -2.86. The number of alkyl halides is 3. The van der Waals surface area contributed by atoms with E-state index in [0.717, 1.165) is 22.7 Å². The number of rotatable bonds is 6. The molecule has 3 aromatic rings. The van der Waals surface area contributed by atoms with Gasteiger partial charge in [0.2, 0.25) is 5.91 Å². The van der Waals surface area contributed by atoms with Crippen molar-refractivity contribution in [3.8, 4) is 16.3 Å².